The van der Waals surface area contributed by atoms with Crippen LogP contribution in [0, 0.1) is 0 Å². The van der Waals surface area contributed by atoms with Crippen LogP contribution in [0.25, 0.3) is 38.8 Å². The number of ether oxygens (including phenoxy) is 1. The first-order valence-corrected chi connectivity index (χ1v) is 9.22. The fourth-order valence-corrected chi connectivity index (χ4v) is 3.69. The summed E-state index contributed by atoms with van der Waals surface area (Å²) >= 11 is 0. The summed E-state index contributed by atoms with van der Waals surface area (Å²) in [5.41, 5.74) is 5.23. The van der Waals surface area contributed by atoms with Crippen molar-refractivity contribution >= 4 is 21.9 Å². The number of aromatic nitrogens is 4. The number of benzene rings is 2. The molecular formula is C23H18N4O2. The van der Waals surface area contributed by atoms with Crippen LogP contribution in [-0.4, -0.2) is 26.2 Å². The molecule has 2 aromatic carbocycles. The molecule has 0 aliphatic rings. The van der Waals surface area contributed by atoms with Crippen LogP contribution in [0.4, 0.5) is 0 Å². The molecule has 0 bridgehead atoms. The minimum Gasteiger partial charge on any atom is -0.497 e. The molecule has 0 amide bonds. The number of imidazole rings is 1. The molecule has 5 aromatic rings. The summed E-state index contributed by atoms with van der Waals surface area (Å²) in [7, 11) is 3.39. The molecule has 142 valence electrons. The maximum absolute atomic E-state index is 13.1. The second-order valence-corrected chi connectivity index (χ2v) is 6.83. The van der Waals surface area contributed by atoms with Crippen molar-refractivity contribution in [3.8, 4) is 22.6 Å². The normalized spacial score (nSPS) is 11.2. The number of pyridine rings is 2. The molecule has 0 spiro atoms. The Morgan fingerprint density at radius 3 is 2.41 bits per heavy atom. The number of fused-ring (bicyclic) bond motifs is 3. The third kappa shape index (κ3) is 2.69. The Labute approximate surface area is 166 Å². The topological polar surface area (TPSA) is 61.9 Å². The van der Waals surface area contributed by atoms with Gasteiger partial charge in [-0.15, -0.1) is 0 Å². The number of rotatable bonds is 3. The van der Waals surface area contributed by atoms with Crippen LogP contribution in [0.2, 0.25) is 0 Å². The second kappa shape index (κ2) is 6.60. The molecule has 0 atom stereocenters. The average molecular weight is 382 g/mol. The Kier molecular flexibility index (Phi) is 3.91. The van der Waals surface area contributed by atoms with E-state index < -0.39 is 0 Å². The fourth-order valence-electron chi connectivity index (χ4n) is 3.69. The molecule has 0 saturated heterocycles. The second-order valence-electron chi connectivity index (χ2n) is 6.83. The van der Waals surface area contributed by atoms with Crippen molar-refractivity contribution in [2.45, 2.75) is 0 Å². The van der Waals surface area contributed by atoms with Crippen molar-refractivity contribution in [3.05, 3.63) is 83.7 Å². The first kappa shape index (κ1) is 17.2. The molecule has 29 heavy (non-hydrogen) atoms. The third-order valence-corrected chi connectivity index (χ3v) is 5.23. The van der Waals surface area contributed by atoms with E-state index in [1.807, 2.05) is 48.5 Å². The molecule has 0 aliphatic carbocycles. The zero-order chi connectivity index (χ0) is 20.0. The first-order valence-electron chi connectivity index (χ1n) is 9.22. The van der Waals surface area contributed by atoms with E-state index in [1.54, 1.807) is 41.9 Å². The molecule has 6 nitrogen and oxygen atoms in total. The van der Waals surface area contributed by atoms with E-state index in [-0.39, 0.29) is 5.69 Å². The number of aryl methyl sites for hydroxylation is 1. The van der Waals surface area contributed by atoms with E-state index in [4.69, 9.17) is 4.74 Å². The molecule has 6 heteroatoms. The van der Waals surface area contributed by atoms with Crippen molar-refractivity contribution in [1.29, 1.82) is 0 Å². The zero-order valence-electron chi connectivity index (χ0n) is 16.0. The highest BCUT2D eigenvalue weighted by atomic mass is 16.5. The van der Waals surface area contributed by atoms with Gasteiger partial charge in [0, 0.05) is 24.8 Å². The SMILES string of the molecule is COc1ccc(-n2c(=O)n(C)c3cnc4ccc(-c5ccncc5)cc4c32)cc1. The quantitative estimate of drug-likeness (QED) is 0.474. The Bertz CT molecular complexity index is 1400. The predicted octanol–water partition coefficient (Wildman–Crippen LogP) is 3.95. The summed E-state index contributed by atoms with van der Waals surface area (Å²) in [6, 6.07) is 17.5. The molecule has 5 rings (SSSR count). The molecule has 3 aromatic heterocycles. The van der Waals surface area contributed by atoms with E-state index in [0.29, 0.717) is 0 Å². The van der Waals surface area contributed by atoms with Gasteiger partial charge in [-0.25, -0.2) is 4.79 Å². The van der Waals surface area contributed by atoms with Crippen LogP contribution in [0.1, 0.15) is 0 Å². The molecular weight excluding hydrogens is 364 g/mol. The Balaban J connectivity index is 1.85. The molecule has 0 fully saturated rings. The highest BCUT2D eigenvalue weighted by molar-refractivity contribution is 6.04. The van der Waals surface area contributed by atoms with E-state index in [0.717, 1.165) is 44.5 Å². The molecule has 3 heterocycles. The van der Waals surface area contributed by atoms with Gasteiger partial charge in [0.1, 0.15) is 5.75 Å². The van der Waals surface area contributed by atoms with Crippen molar-refractivity contribution in [2.75, 3.05) is 7.11 Å². The van der Waals surface area contributed by atoms with Gasteiger partial charge < -0.3 is 4.74 Å². The summed E-state index contributed by atoms with van der Waals surface area (Å²) in [6.07, 6.45) is 5.30. The zero-order valence-corrected chi connectivity index (χ0v) is 16.0. The lowest BCUT2D eigenvalue weighted by molar-refractivity contribution is 0.414. The van der Waals surface area contributed by atoms with E-state index >= 15 is 0 Å². The van der Waals surface area contributed by atoms with Crippen LogP contribution < -0.4 is 10.4 Å². The van der Waals surface area contributed by atoms with Gasteiger partial charge >= 0.3 is 5.69 Å². The van der Waals surface area contributed by atoms with Crippen LogP contribution in [0.3, 0.4) is 0 Å². The maximum Gasteiger partial charge on any atom is 0.333 e. The molecule has 0 N–H and O–H groups in total. The van der Waals surface area contributed by atoms with Gasteiger partial charge in [0.15, 0.2) is 0 Å². The monoisotopic (exact) mass is 382 g/mol. The standard InChI is InChI=1S/C23H18N4O2/c1-26-21-14-25-20-8-3-16(15-9-11-24-12-10-15)13-19(20)22(21)27(23(26)28)17-4-6-18(29-2)7-5-17/h3-14H,1-2H3. The number of methoxy groups -OCH3 is 1. The number of hydrogen-bond donors (Lipinski definition) is 0. The first-order chi connectivity index (χ1) is 14.2. The van der Waals surface area contributed by atoms with Gasteiger partial charge in [0.25, 0.3) is 0 Å². The summed E-state index contributed by atoms with van der Waals surface area (Å²) in [5.74, 6) is 0.744. The van der Waals surface area contributed by atoms with Crippen LogP contribution >= 0.6 is 0 Å². The van der Waals surface area contributed by atoms with Gasteiger partial charge in [-0.1, -0.05) is 6.07 Å². The van der Waals surface area contributed by atoms with E-state index in [2.05, 4.69) is 16.0 Å². The third-order valence-electron chi connectivity index (χ3n) is 5.23. The smallest absolute Gasteiger partial charge is 0.333 e. The van der Waals surface area contributed by atoms with Crippen molar-refractivity contribution in [2.24, 2.45) is 7.05 Å². The summed E-state index contributed by atoms with van der Waals surface area (Å²) < 4.78 is 8.62. The lowest BCUT2D eigenvalue weighted by Gasteiger charge is -2.08. The van der Waals surface area contributed by atoms with Gasteiger partial charge in [-0.2, -0.15) is 0 Å². The summed E-state index contributed by atoms with van der Waals surface area (Å²) in [4.78, 5) is 21.8. The van der Waals surface area contributed by atoms with E-state index in [9.17, 15) is 4.79 Å². The van der Waals surface area contributed by atoms with Crippen LogP contribution in [0.15, 0.2) is 78.0 Å². The average Bonchev–Trinajstić information content (AvgIpc) is 3.04. The Morgan fingerprint density at radius 2 is 1.69 bits per heavy atom. The largest absolute Gasteiger partial charge is 0.497 e. The Hall–Kier alpha value is -3.93. The molecule has 0 radical (unpaired) electrons. The molecule has 0 unspecified atom stereocenters. The lowest BCUT2D eigenvalue weighted by atomic mass is 10.0. The Morgan fingerprint density at radius 1 is 0.931 bits per heavy atom. The molecule has 0 aliphatic heterocycles. The van der Waals surface area contributed by atoms with Crippen molar-refractivity contribution in [3.63, 3.8) is 0 Å². The summed E-state index contributed by atoms with van der Waals surface area (Å²) in [6.45, 7) is 0. The van der Waals surface area contributed by atoms with E-state index in [1.165, 1.54) is 0 Å². The number of hydrogen-bond acceptors (Lipinski definition) is 4. The fraction of sp³-hybridized carbons (Fsp3) is 0.0870. The van der Waals surface area contributed by atoms with Gasteiger partial charge in [-0.05, 0) is 59.7 Å². The van der Waals surface area contributed by atoms with Crippen molar-refractivity contribution in [1.82, 2.24) is 19.1 Å². The minimum absolute atomic E-state index is 0.117. The maximum atomic E-state index is 13.1. The van der Waals surface area contributed by atoms with Gasteiger partial charge in [0.2, 0.25) is 0 Å². The molecule has 0 saturated carbocycles. The highest BCUT2D eigenvalue weighted by Gasteiger charge is 2.16. The highest BCUT2D eigenvalue weighted by Crippen LogP contribution is 2.29. The van der Waals surface area contributed by atoms with Gasteiger partial charge in [0.05, 0.1) is 35.5 Å². The minimum atomic E-state index is -0.117. The van der Waals surface area contributed by atoms with Crippen LogP contribution in [-0.2, 0) is 7.05 Å². The van der Waals surface area contributed by atoms with Gasteiger partial charge in [-0.3, -0.25) is 19.1 Å². The van der Waals surface area contributed by atoms with Crippen LogP contribution in [0.5, 0.6) is 5.75 Å². The predicted molar refractivity (Wildman–Crippen MR) is 114 cm³/mol. The number of nitrogens with zero attached hydrogens (tertiary/aromatic N) is 4. The van der Waals surface area contributed by atoms with Crippen molar-refractivity contribution < 1.29 is 4.74 Å². The summed E-state index contributed by atoms with van der Waals surface area (Å²) in [5, 5.41) is 0.922. The lowest BCUT2D eigenvalue weighted by Crippen LogP contribution is -2.20.